The fourth-order valence-electron chi connectivity index (χ4n) is 2.33. The summed E-state index contributed by atoms with van der Waals surface area (Å²) in [5.41, 5.74) is -0.187. The van der Waals surface area contributed by atoms with Crippen LogP contribution < -0.4 is 5.32 Å². The summed E-state index contributed by atoms with van der Waals surface area (Å²) < 4.78 is 19.0. The van der Waals surface area contributed by atoms with Gasteiger partial charge in [0.05, 0.1) is 23.3 Å². The van der Waals surface area contributed by atoms with Gasteiger partial charge in [-0.05, 0) is 31.0 Å². The van der Waals surface area contributed by atoms with E-state index in [-0.39, 0.29) is 29.2 Å². The summed E-state index contributed by atoms with van der Waals surface area (Å²) >= 11 is 0. The first kappa shape index (κ1) is 14.5. The third-order valence-corrected chi connectivity index (χ3v) is 3.42. The summed E-state index contributed by atoms with van der Waals surface area (Å²) in [7, 11) is 0. The number of hydrogen-bond donors (Lipinski definition) is 2. The lowest BCUT2D eigenvalue weighted by molar-refractivity contribution is -0.121. The van der Waals surface area contributed by atoms with Gasteiger partial charge in [0.1, 0.15) is 5.82 Å². The Balaban J connectivity index is 2.15. The highest BCUT2D eigenvalue weighted by Gasteiger charge is 2.33. The molecule has 0 aromatic heterocycles. The molecule has 1 aromatic rings. The molecule has 5 nitrogen and oxygen atoms in total. The van der Waals surface area contributed by atoms with Crippen molar-refractivity contribution in [2.24, 2.45) is 5.92 Å². The molecule has 1 fully saturated rings. The molecule has 1 aliphatic rings. The molecule has 0 spiro atoms. The van der Waals surface area contributed by atoms with Gasteiger partial charge < -0.3 is 15.2 Å². The molecule has 0 bridgehead atoms. The van der Waals surface area contributed by atoms with Gasteiger partial charge >= 0.3 is 5.97 Å². The van der Waals surface area contributed by atoms with Crippen molar-refractivity contribution in [3.05, 3.63) is 29.6 Å². The molecule has 2 unspecified atom stereocenters. The van der Waals surface area contributed by atoms with Crippen LogP contribution in [0.5, 0.6) is 0 Å². The molecule has 1 saturated heterocycles. The topological polar surface area (TPSA) is 75.6 Å². The zero-order valence-corrected chi connectivity index (χ0v) is 11.1. The van der Waals surface area contributed by atoms with E-state index < -0.39 is 11.8 Å². The van der Waals surface area contributed by atoms with E-state index in [2.05, 4.69) is 5.32 Å². The average molecular weight is 281 g/mol. The van der Waals surface area contributed by atoms with Crippen LogP contribution in [0.1, 0.15) is 30.1 Å². The minimum atomic E-state index is -1.17. The predicted molar refractivity (Wildman–Crippen MR) is 70.1 cm³/mol. The number of rotatable bonds is 4. The average Bonchev–Trinajstić information content (AvgIpc) is 2.89. The number of carboxylic acids is 1. The van der Waals surface area contributed by atoms with Crippen LogP contribution >= 0.6 is 0 Å². The Morgan fingerprint density at radius 3 is 2.90 bits per heavy atom. The molecule has 0 radical (unpaired) electrons. The Hall–Kier alpha value is -1.95. The van der Waals surface area contributed by atoms with Gasteiger partial charge in [-0.2, -0.15) is 0 Å². The lowest BCUT2D eigenvalue weighted by Crippen LogP contribution is -2.29. The molecule has 2 atom stereocenters. The second-order valence-corrected chi connectivity index (χ2v) is 4.70. The summed E-state index contributed by atoms with van der Waals surface area (Å²) in [5, 5.41) is 11.3. The molecule has 0 aliphatic carbocycles. The third-order valence-electron chi connectivity index (χ3n) is 3.42. The van der Waals surface area contributed by atoms with Gasteiger partial charge in [-0.3, -0.25) is 4.79 Å². The van der Waals surface area contributed by atoms with Crippen molar-refractivity contribution in [3.63, 3.8) is 0 Å². The lowest BCUT2D eigenvalue weighted by atomic mass is 9.98. The Bertz CT molecular complexity index is 532. The number of carbonyl (C=O) groups excluding carboxylic acids is 1. The van der Waals surface area contributed by atoms with Crippen molar-refractivity contribution < 1.29 is 23.8 Å². The quantitative estimate of drug-likeness (QED) is 0.887. The monoisotopic (exact) mass is 281 g/mol. The zero-order chi connectivity index (χ0) is 14.7. The van der Waals surface area contributed by atoms with Crippen LogP contribution in [-0.2, 0) is 9.53 Å². The van der Waals surface area contributed by atoms with Gasteiger partial charge in [-0.1, -0.05) is 6.92 Å². The van der Waals surface area contributed by atoms with Crippen molar-refractivity contribution in [2.45, 2.75) is 25.9 Å². The Morgan fingerprint density at radius 1 is 1.50 bits per heavy atom. The Kier molecular flexibility index (Phi) is 4.34. The molecule has 108 valence electrons. The van der Waals surface area contributed by atoms with Crippen LogP contribution in [0.15, 0.2) is 18.2 Å². The molecule has 1 aliphatic heterocycles. The molecule has 2 rings (SSSR count). The van der Waals surface area contributed by atoms with Crippen LogP contribution in [0.2, 0.25) is 0 Å². The fourth-order valence-corrected chi connectivity index (χ4v) is 2.33. The smallest absolute Gasteiger partial charge is 0.335 e. The molecular formula is C14H16FNO4. The summed E-state index contributed by atoms with van der Waals surface area (Å²) in [5.74, 6) is -2.49. The number of aromatic carboxylic acids is 1. The number of hydrogen-bond acceptors (Lipinski definition) is 3. The molecule has 0 saturated carbocycles. The highest BCUT2D eigenvalue weighted by molar-refractivity contribution is 5.95. The Labute approximate surface area is 115 Å². The number of halogens is 1. The van der Waals surface area contributed by atoms with Crippen LogP contribution in [0, 0.1) is 11.7 Å². The maximum atomic E-state index is 13.6. The largest absolute Gasteiger partial charge is 0.478 e. The van der Waals surface area contributed by atoms with Crippen molar-refractivity contribution in [1.82, 2.24) is 0 Å². The molecule has 1 heterocycles. The van der Waals surface area contributed by atoms with E-state index in [1.165, 1.54) is 0 Å². The number of carboxylic acid groups (broad SMARTS) is 1. The van der Waals surface area contributed by atoms with E-state index >= 15 is 0 Å². The maximum absolute atomic E-state index is 13.6. The molecule has 2 N–H and O–H groups in total. The first-order valence-corrected chi connectivity index (χ1v) is 6.48. The van der Waals surface area contributed by atoms with E-state index in [1.807, 2.05) is 6.92 Å². The predicted octanol–water partition coefficient (Wildman–Crippen LogP) is 2.28. The highest BCUT2D eigenvalue weighted by Crippen LogP contribution is 2.26. The van der Waals surface area contributed by atoms with Gasteiger partial charge in [0.25, 0.3) is 0 Å². The van der Waals surface area contributed by atoms with E-state index in [4.69, 9.17) is 9.84 Å². The number of amides is 1. The standard InChI is InChI=1S/C14H16FNO4/c1-2-12-9(5-6-20-12)13(17)16-11-7-8(14(18)19)3-4-10(11)15/h3-4,7,9,12H,2,5-6H2,1H3,(H,16,17)(H,18,19). The Morgan fingerprint density at radius 2 is 2.25 bits per heavy atom. The maximum Gasteiger partial charge on any atom is 0.335 e. The van der Waals surface area contributed by atoms with Gasteiger partial charge in [0, 0.05) is 6.61 Å². The molecule has 1 aromatic carbocycles. The van der Waals surface area contributed by atoms with Gasteiger partial charge in [0.2, 0.25) is 5.91 Å². The molecule has 6 heteroatoms. The van der Waals surface area contributed by atoms with Gasteiger partial charge in [-0.15, -0.1) is 0 Å². The highest BCUT2D eigenvalue weighted by atomic mass is 19.1. The fraction of sp³-hybridized carbons (Fsp3) is 0.429. The van der Waals surface area contributed by atoms with Gasteiger partial charge in [0.15, 0.2) is 0 Å². The van der Waals surface area contributed by atoms with Crippen LogP contribution in [0.3, 0.4) is 0 Å². The molecular weight excluding hydrogens is 265 g/mol. The van der Waals surface area contributed by atoms with Crippen molar-refractivity contribution in [3.8, 4) is 0 Å². The SMILES string of the molecule is CCC1OCCC1C(=O)Nc1cc(C(=O)O)ccc1F. The second-order valence-electron chi connectivity index (χ2n) is 4.70. The number of carbonyl (C=O) groups is 2. The molecule has 1 amide bonds. The minimum absolute atomic E-state index is 0.0728. The summed E-state index contributed by atoms with van der Waals surface area (Å²) in [6.45, 7) is 2.43. The molecule has 20 heavy (non-hydrogen) atoms. The first-order chi connectivity index (χ1) is 9.52. The van der Waals surface area contributed by atoms with Gasteiger partial charge in [-0.25, -0.2) is 9.18 Å². The zero-order valence-electron chi connectivity index (χ0n) is 11.1. The van der Waals surface area contributed by atoms with Crippen molar-refractivity contribution >= 4 is 17.6 Å². The second kappa shape index (κ2) is 6.00. The van der Waals surface area contributed by atoms with E-state index in [0.717, 1.165) is 18.2 Å². The number of benzene rings is 1. The summed E-state index contributed by atoms with van der Waals surface area (Å²) in [6, 6.07) is 3.30. The van der Waals surface area contributed by atoms with E-state index in [9.17, 15) is 14.0 Å². The van der Waals surface area contributed by atoms with Crippen LogP contribution in [0.4, 0.5) is 10.1 Å². The first-order valence-electron chi connectivity index (χ1n) is 6.48. The number of nitrogens with one attached hydrogen (secondary N) is 1. The summed E-state index contributed by atoms with van der Waals surface area (Å²) in [4.78, 5) is 23.0. The van der Waals surface area contributed by atoms with Crippen LogP contribution in [-0.4, -0.2) is 29.7 Å². The normalized spacial score (nSPS) is 21.7. The van der Waals surface area contributed by atoms with Crippen molar-refractivity contribution in [1.29, 1.82) is 0 Å². The minimum Gasteiger partial charge on any atom is -0.478 e. The van der Waals surface area contributed by atoms with Crippen molar-refractivity contribution in [2.75, 3.05) is 11.9 Å². The number of ether oxygens (including phenoxy) is 1. The van der Waals surface area contributed by atoms with E-state index in [1.54, 1.807) is 0 Å². The number of anilines is 1. The third kappa shape index (κ3) is 2.96. The lowest BCUT2D eigenvalue weighted by Gasteiger charge is -2.16. The van der Waals surface area contributed by atoms with E-state index in [0.29, 0.717) is 19.4 Å². The van der Waals surface area contributed by atoms with Crippen LogP contribution in [0.25, 0.3) is 0 Å². The summed E-state index contributed by atoms with van der Waals surface area (Å²) in [6.07, 6.45) is 1.13.